The fraction of sp³-hybridized carbons (Fsp3) is 0.526. The number of amides is 1. The van der Waals surface area contributed by atoms with Gasteiger partial charge in [0.15, 0.2) is 0 Å². The third-order valence-electron chi connectivity index (χ3n) is 6.36. The molecule has 3 aliphatic rings. The Morgan fingerprint density at radius 1 is 1.36 bits per heavy atom. The molecule has 0 aromatic heterocycles. The SMILES string of the molecule is C=C1CC[C@H]2[C@@H]3CCC[C@@]2(C1)c1c(ccc(C(N)=O)c1O)C3. The van der Waals surface area contributed by atoms with Gasteiger partial charge in [-0.05, 0) is 62.0 Å². The lowest BCUT2D eigenvalue weighted by molar-refractivity contribution is 0.0679. The number of primary amides is 1. The molecule has 3 atom stereocenters. The molecule has 0 spiro atoms. The maximum absolute atomic E-state index is 11.6. The molecule has 1 aromatic carbocycles. The minimum Gasteiger partial charge on any atom is -0.507 e. The first-order valence-electron chi connectivity index (χ1n) is 8.35. The summed E-state index contributed by atoms with van der Waals surface area (Å²) in [6.45, 7) is 4.23. The summed E-state index contributed by atoms with van der Waals surface area (Å²) in [5, 5.41) is 10.8. The van der Waals surface area contributed by atoms with Crippen molar-refractivity contribution in [2.24, 2.45) is 17.6 Å². The van der Waals surface area contributed by atoms with E-state index in [0.717, 1.165) is 31.2 Å². The summed E-state index contributed by atoms with van der Waals surface area (Å²) in [7, 11) is 0. The second-order valence-electron chi connectivity index (χ2n) is 7.44. The monoisotopic (exact) mass is 297 g/mol. The van der Waals surface area contributed by atoms with Crippen LogP contribution in [0, 0.1) is 11.8 Å². The molecule has 1 aromatic rings. The summed E-state index contributed by atoms with van der Waals surface area (Å²) in [5.74, 6) is 0.937. The fourth-order valence-electron chi connectivity index (χ4n) is 5.63. The molecule has 0 unspecified atom stereocenters. The van der Waals surface area contributed by atoms with Gasteiger partial charge in [-0.2, -0.15) is 0 Å². The predicted octanol–water partition coefficient (Wildman–Crippen LogP) is 3.44. The Kier molecular flexibility index (Phi) is 2.91. The van der Waals surface area contributed by atoms with Crippen LogP contribution in [0.3, 0.4) is 0 Å². The Balaban J connectivity index is 1.97. The number of aromatic hydroxyl groups is 1. The average Bonchev–Trinajstić information content (AvgIpc) is 2.45. The summed E-state index contributed by atoms with van der Waals surface area (Å²) < 4.78 is 0. The van der Waals surface area contributed by atoms with Crippen molar-refractivity contribution in [3.63, 3.8) is 0 Å². The molecule has 0 heterocycles. The lowest BCUT2D eigenvalue weighted by atomic mass is 9.48. The lowest BCUT2D eigenvalue weighted by Crippen LogP contribution is -2.49. The second kappa shape index (κ2) is 4.61. The molecule has 2 bridgehead atoms. The summed E-state index contributed by atoms with van der Waals surface area (Å²) in [4.78, 5) is 11.6. The number of hydrogen-bond donors (Lipinski definition) is 2. The quantitative estimate of drug-likeness (QED) is 0.780. The van der Waals surface area contributed by atoms with Gasteiger partial charge < -0.3 is 10.8 Å². The highest BCUT2D eigenvalue weighted by molar-refractivity contribution is 5.96. The standard InChI is InChI=1S/C19H23NO2/c1-11-4-7-15-12-3-2-8-19(15,10-11)16-13(9-12)5-6-14(17(16)21)18(20)22/h5-6,12,15,21H,1-4,7-10H2,(H2,20,22)/t12-,15+,19+/m1/s1. The van der Waals surface area contributed by atoms with Gasteiger partial charge in [-0.1, -0.05) is 24.6 Å². The topological polar surface area (TPSA) is 63.3 Å². The first kappa shape index (κ1) is 13.9. The number of phenols is 1. The maximum atomic E-state index is 11.6. The van der Waals surface area contributed by atoms with Gasteiger partial charge >= 0.3 is 0 Å². The van der Waals surface area contributed by atoms with E-state index in [0.29, 0.717) is 11.8 Å². The van der Waals surface area contributed by atoms with Gasteiger partial charge in [0.2, 0.25) is 0 Å². The van der Waals surface area contributed by atoms with E-state index in [1.807, 2.05) is 6.07 Å². The molecule has 116 valence electrons. The van der Waals surface area contributed by atoms with E-state index in [4.69, 9.17) is 5.73 Å². The van der Waals surface area contributed by atoms with Crippen LogP contribution in [0.2, 0.25) is 0 Å². The van der Waals surface area contributed by atoms with Crippen molar-refractivity contribution in [2.75, 3.05) is 0 Å². The van der Waals surface area contributed by atoms with Crippen LogP contribution in [0.25, 0.3) is 0 Å². The Bertz CT molecular complexity index is 678. The van der Waals surface area contributed by atoms with Crippen LogP contribution in [0.15, 0.2) is 24.3 Å². The normalized spacial score (nSPS) is 33.0. The van der Waals surface area contributed by atoms with Crippen molar-refractivity contribution in [3.8, 4) is 5.75 Å². The van der Waals surface area contributed by atoms with Gasteiger partial charge in [0.1, 0.15) is 5.75 Å². The van der Waals surface area contributed by atoms with Gasteiger partial charge in [-0.25, -0.2) is 0 Å². The van der Waals surface area contributed by atoms with Crippen molar-refractivity contribution in [1.82, 2.24) is 0 Å². The van der Waals surface area contributed by atoms with E-state index in [9.17, 15) is 9.90 Å². The zero-order chi connectivity index (χ0) is 15.5. The van der Waals surface area contributed by atoms with Crippen LogP contribution < -0.4 is 5.73 Å². The molecule has 0 saturated heterocycles. The van der Waals surface area contributed by atoms with Crippen LogP contribution in [-0.2, 0) is 11.8 Å². The van der Waals surface area contributed by atoms with Gasteiger partial charge in [0, 0.05) is 11.0 Å². The molecule has 4 rings (SSSR count). The number of carbonyl (C=O) groups is 1. The molecule has 3 N–H and O–H groups in total. The molecular formula is C19H23NO2. The van der Waals surface area contributed by atoms with E-state index in [1.54, 1.807) is 6.07 Å². The first-order chi connectivity index (χ1) is 10.5. The second-order valence-corrected chi connectivity index (χ2v) is 7.44. The van der Waals surface area contributed by atoms with Crippen LogP contribution in [0.4, 0.5) is 0 Å². The Morgan fingerprint density at radius 3 is 2.95 bits per heavy atom. The van der Waals surface area contributed by atoms with E-state index in [2.05, 4.69) is 6.58 Å². The molecule has 1 amide bonds. The smallest absolute Gasteiger partial charge is 0.252 e. The number of nitrogens with two attached hydrogens (primary N) is 1. The lowest BCUT2D eigenvalue weighted by Gasteiger charge is -2.56. The van der Waals surface area contributed by atoms with Crippen molar-refractivity contribution in [3.05, 3.63) is 41.0 Å². The van der Waals surface area contributed by atoms with Crippen LogP contribution in [-0.4, -0.2) is 11.0 Å². The van der Waals surface area contributed by atoms with Crippen molar-refractivity contribution >= 4 is 5.91 Å². The molecule has 3 nitrogen and oxygen atoms in total. The number of benzene rings is 1. The zero-order valence-electron chi connectivity index (χ0n) is 12.9. The van der Waals surface area contributed by atoms with Crippen LogP contribution in [0.5, 0.6) is 5.75 Å². The summed E-state index contributed by atoms with van der Waals surface area (Å²) in [6, 6.07) is 3.71. The molecule has 3 heteroatoms. The maximum Gasteiger partial charge on any atom is 0.252 e. The predicted molar refractivity (Wildman–Crippen MR) is 85.8 cm³/mol. The third kappa shape index (κ3) is 1.71. The van der Waals surface area contributed by atoms with Gasteiger partial charge in [0.05, 0.1) is 5.56 Å². The number of fused-ring (bicyclic) bond motifs is 1. The Hall–Kier alpha value is -1.77. The van der Waals surface area contributed by atoms with E-state index in [-0.39, 0.29) is 16.7 Å². The molecule has 2 saturated carbocycles. The largest absolute Gasteiger partial charge is 0.507 e. The molecule has 3 aliphatic carbocycles. The highest BCUT2D eigenvalue weighted by Gasteiger charge is 2.53. The highest BCUT2D eigenvalue weighted by Crippen LogP contribution is 2.61. The van der Waals surface area contributed by atoms with Crippen LogP contribution >= 0.6 is 0 Å². The Morgan fingerprint density at radius 2 is 2.18 bits per heavy atom. The van der Waals surface area contributed by atoms with E-state index >= 15 is 0 Å². The number of allylic oxidation sites excluding steroid dienone is 1. The molecule has 22 heavy (non-hydrogen) atoms. The van der Waals surface area contributed by atoms with Crippen molar-refractivity contribution in [1.29, 1.82) is 0 Å². The minimum atomic E-state index is -0.541. The molecule has 2 fully saturated rings. The third-order valence-corrected chi connectivity index (χ3v) is 6.36. The van der Waals surface area contributed by atoms with Gasteiger partial charge in [-0.3, -0.25) is 4.79 Å². The number of rotatable bonds is 1. The van der Waals surface area contributed by atoms with E-state index in [1.165, 1.54) is 30.4 Å². The van der Waals surface area contributed by atoms with Crippen molar-refractivity contribution in [2.45, 2.75) is 50.4 Å². The molecular weight excluding hydrogens is 274 g/mol. The van der Waals surface area contributed by atoms with Gasteiger partial charge in [-0.15, -0.1) is 0 Å². The fourth-order valence-corrected chi connectivity index (χ4v) is 5.63. The molecule has 0 aliphatic heterocycles. The van der Waals surface area contributed by atoms with Crippen molar-refractivity contribution < 1.29 is 9.90 Å². The Labute approximate surface area is 131 Å². The first-order valence-corrected chi connectivity index (χ1v) is 8.35. The summed E-state index contributed by atoms with van der Waals surface area (Å²) in [6.07, 6.45) is 7.84. The number of carbonyl (C=O) groups excluding carboxylic acids is 1. The summed E-state index contributed by atoms with van der Waals surface area (Å²) in [5.41, 5.74) is 9.24. The summed E-state index contributed by atoms with van der Waals surface area (Å²) >= 11 is 0. The van der Waals surface area contributed by atoms with Crippen LogP contribution in [0.1, 0.15) is 60.0 Å². The minimum absolute atomic E-state index is 0.0125. The average molecular weight is 297 g/mol. The number of hydrogen-bond acceptors (Lipinski definition) is 2. The zero-order valence-corrected chi connectivity index (χ0v) is 12.9. The van der Waals surface area contributed by atoms with Gasteiger partial charge in [0.25, 0.3) is 5.91 Å². The highest BCUT2D eigenvalue weighted by atomic mass is 16.3. The molecule has 0 radical (unpaired) electrons. The van der Waals surface area contributed by atoms with E-state index < -0.39 is 5.91 Å².